The Hall–Kier alpha value is -0.170. The third-order valence-electron chi connectivity index (χ3n) is 2.30. The molecule has 2 aromatic rings. The first kappa shape index (κ1) is 14.2. The second-order valence-corrected chi connectivity index (χ2v) is 6.36. The lowest BCUT2D eigenvalue weighted by Gasteiger charge is -2.12. The second-order valence-electron chi connectivity index (χ2n) is 3.59. The predicted molar refractivity (Wildman–Crippen MR) is 91.0 cm³/mol. The molecule has 0 saturated heterocycles. The quantitative estimate of drug-likeness (QED) is 0.345. The summed E-state index contributed by atoms with van der Waals surface area (Å²) in [6.07, 6.45) is 0. The van der Waals surface area contributed by atoms with E-state index in [1.807, 2.05) is 30.3 Å². The van der Waals surface area contributed by atoms with Gasteiger partial charge in [0.1, 0.15) is 0 Å². The van der Waals surface area contributed by atoms with E-state index in [-0.39, 0.29) is 0 Å². The molecule has 0 bridgehead atoms. The van der Waals surface area contributed by atoms with Gasteiger partial charge in [0.05, 0.1) is 21.4 Å². The van der Waals surface area contributed by atoms with Crippen molar-refractivity contribution in [2.45, 2.75) is 0 Å². The number of halogens is 4. The molecule has 0 unspecified atom stereocenters. The molecule has 0 aromatic heterocycles. The summed E-state index contributed by atoms with van der Waals surface area (Å²) in [4.78, 5) is 0. The van der Waals surface area contributed by atoms with Gasteiger partial charge in [-0.25, -0.2) is 0 Å². The number of nitrogen functional groups attached to an aromatic ring is 1. The molecule has 2 aromatic carbocycles. The summed E-state index contributed by atoms with van der Waals surface area (Å²) in [5, 5.41) is 4.21. The third kappa shape index (κ3) is 3.04. The van der Waals surface area contributed by atoms with Crippen LogP contribution in [0.15, 0.2) is 34.8 Å². The molecule has 3 N–H and O–H groups in total. The van der Waals surface area contributed by atoms with Crippen LogP contribution in [0.3, 0.4) is 0 Å². The van der Waals surface area contributed by atoms with Gasteiger partial charge >= 0.3 is 0 Å². The van der Waals surface area contributed by atoms with Crippen LogP contribution in [0.2, 0.25) is 10.0 Å². The van der Waals surface area contributed by atoms with Gasteiger partial charge in [0.15, 0.2) is 0 Å². The van der Waals surface area contributed by atoms with Crippen LogP contribution < -0.4 is 11.1 Å². The Morgan fingerprint density at radius 1 is 1.06 bits per heavy atom. The fraction of sp³-hybridized carbons (Fsp3) is 0. The van der Waals surface area contributed by atoms with E-state index in [4.69, 9.17) is 28.9 Å². The molecular formula is C12H8BrCl2IN2. The number of nitrogens with one attached hydrogen (secondary N) is 1. The number of rotatable bonds is 2. The number of hydrogen-bond acceptors (Lipinski definition) is 2. The molecule has 0 spiro atoms. The van der Waals surface area contributed by atoms with E-state index in [1.165, 1.54) is 0 Å². The molecular weight excluding hydrogens is 450 g/mol. The molecule has 0 aliphatic carbocycles. The van der Waals surface area contributed by atoms with Gasteiger partial charge in [0, 0.05) is 13.7 Å². The molecule has 0 aliphatic heterocycles. The van der Waals surface area contributed by atoms with E-state index >= 15 is 0 Å². The normalized spacial score (nSPS) is 10.4. The first-order chi connectivity index (χ1) is 8.49. The van der Waals surface area contributed by atoms with Crippen molar-refractivity contribution in [1.29, 1.82) is 0 Å². The van der Waals surface area contributed by atoms with Crippen molar-refractivity contribution < 1.29 is 0 Å². The van der Waals surface area contributed by atoms with Crippen molar-refractivity contribution in [2.75, 3.05) is 11.1 Å². The number of nitrogens with two attached hydrogens (primary N) is 1. The van der Waals surface area contributed by atoms with Crippen molar-refractivity contribution >= 4 is 78.8 Å². The van der Waals surface area contributed by atoms with Crippen LogP contribution in [0.5, 0.6) is 0 Å². The average molecular weight is 458 g/mol. The van der Waals surface area contributed by atoms with Gasteiger partial charge in [0.25, 0.3) is 0 Å². The van der Waals surface area contributed by atoms with Crippen LogP contribution in [0.4, 0.5) is 17.1 Å². The largest absolute Gasteiger partial charge is 0.399 e. The first-order valence-electron chi connectivity index (χ1n) is 4.94. The summed E-state index contributed by atoms with van der Waals surface area (Å²) in [7, 11) is 0. The van der Waals surface area contributed by atoms with Crippen LogP contribution in [0.1, 0.15) is 0 Å². The Bertz CT molecular complexity index is 605. The second kappa shape index (κ2) is 5.86. The Morgan fingerprint density at radius 2 is 1.72 bits per heavy atom. The maximum absolute atomic E-state index is 6.18. The van der Waals surface area contributed by atoms with Gasteiger partial charge in [-0.05, 0) is 68.9 Å². The smallest absolute Gasteiger partial charge is 0.0838 e. The van der Waals surface area contributed by atoms with Crippen LogP contribution in [-0.2, 0) is 0 Å². The van der Waals surface area contributed by atoms with Gasteiger partial charge < -0.3 is 11.1 Å². The van der Waals surface area contributed by atoms with E-state index in [1.54, 1.807) is 0 Å². The van der Waals surface area contributed by atoms with Gasteiger partial charge in [-0.1, -0.05) is 23.2 Å². The van der Waals surface area contributed by atoms with Crippen molar-refractivity contribution in [3.63, 3.8) is 0 Å². The number of benzene rings is 2. The summed E-state index contributed by atoms with van der Waals surface area (Å²) < 4.78 is 1.79. The summed E-state index contributed by atoms with van der Waals surface area (Å²) in [6.45, 7) is 0. The first-order valence-corrected chi connectivity index (χ1v) is 7.57. The molecule has 94 valence electrons. The highest BCUT2D eigenvalue weighted by Crippen LogP contribution is 2.37. The predicted octanol–water partition coefficient (Wildman–Crippen LogP) is 5.69. The van der Waals surface area contributed by atoms with Gasteiger partial charge in [0.2, 0.25) is 0 Å². The Labute approximate surface area is 137 Å². The Balaban J connectivity index is 2.37. The molecule has 0 radical (unpaired) electrons. The Kier molecular flexibility index (Phi) is 4.64. The standard InChI is InChI=1S/C12H8BrCl2IN2/c13-7-2-4-10(12(15)11(7)14)18-9-3-1-6(17)5-8(9)16/h1-5,18H,17H2. The van der Waals surface area contributed by atoms with E-state index < -0.39 is 0 Å². The minimum absolute atomic E-state index is 0.485. The molecule has 2 rings (SSSR count). The van der Waals surface area contributed by atoms with E-state index in [2.05, 4.69) is 43.8 Å². The zero-order valence-corrected chi connectivity index (χ0v) is 14.2. The molecule has 0 heterocycles. The molecule has 18 heavy (non-hydrogen) atoms. The van der Waals surface area contributed by atoms with Crippen molar-refractivity contribution in [1.82, 2.24) is 0 Å². The maximum atomic E-state index is 6.18. The summed E-state index contributed by atoms with van der Waals surface area (Å²) in [5.74, 6) is 0. The highest BCUT2D eigenvalue weighted by molar-refractivity contribution is 14.1. The van der Waals surface area contributed by atoms with E-state index in [0.29, 0.717) is 10.0 Å². The van der Waals surface area contributed by atoms with Gasteiger partial charge in [-0.15, -0.1) is 0 Å². The number of anilines is 3. The SMILES string of the molecule is Nc1ccc(Nc2ccc(Br)c(Cl)c2Cl)c(I)c1. The van der Waals surface area contributed by atoms with Crippen molar-refractivity contribution in [3.05, 3.63) is 48.4 Å². The molecule has 0 atom stereocenters. The highest BCUT2D eigenvalue weighted by atomic mass is 127. The van der Waals surface area contributed by atoms with Crippen LogP contribution in [-0.4, -0.2) is 0 Å². The van der Waals surface area contributed by atoms with Crippen LogP contribution in [0.25, 0.3) is 0 Å². The highest BCUT2D eigenvalue weighted by Gasteiger charge is 2.09. The monoisotopic (exact) mass is 456 g/mol. The average Bonchev–Trinajstić information content (AvgIpc) is 2.33. The lowest BCUT2D eigenvalue weighted by Crippen LogP contribution is -1.95. The van der Waals surface area contributed by atoms with Crippen LogP contribution in [0, 0.1) is 3.57 Å². The van der Waals surface area contributed by atoms with Crippen LogP contribution >= 0.6 is 61.7 Å². The third-order valence-corrected chi connectivity index (χ3v) is 4.96. The minimum atomic E-state index is 0.485. The molecule has 0 aliphatic rings. The van der Waals surface area contributed by atoms with Crippen molar-refractivity contribution in [2.24, 2.45) is 0 Å². The maximum Gasteiger partial charge on any atom is 0.0838 e. The summed E-state index contributed by atoms with van der Waals surface area (Å²) in [5.41, 5.74) is 8.13. The van der Waals surface area contributed by atoms with Gasteiger partial charge in [-0.3, -0.25) is 0 Å². The van der Waals surface area contributed by atoms with Gasteiger partial charge in [-0.2, -0.15) is 0 Å². The lowest BCUT2D eigenvalue weighted by molar-refractivity contribution is 1.51. The molecule has 6 heteroatoms. The lowest BCUT2D eigenvalue weighted by atomic mass is 10.2. The zero-order valence-electron chi connectivity index (χ0n) is 8.98. The fourth-order valence-electron chi connectivity index (χ4n) is 1.40. The zero-order chi connectivity index (χ0) is 13.3. The molecule has 2 nitrogen and oxygen atoms in total. The fourth-order valence-corrected chi connectivity index (χ4v) is 2.90. The summed E-state index contributed by atoms with van der Waals surface area (Å²) in [6, 6.07) is 9.34. The topological polar surface area (TPSA) is 38.0 Å². The van der Waals surface area contributed by atoms with Crippen molar-refractivity contribution in [3.8, 4) is 0 Å². The molecule has 0 amide bonds. The Morgan fingerprint density at radius 3 is 2.39 bits per heavy atom. The van der Waals surface area contributed by atoms with E-state index in [0.717, 1.165) is 25.1 Å². The summed E-state index contributed by atoms with van der Waals surface area (Å²) >= 11 is 17.8. The number of hydrogen-bond donors (Lipinski definition) is 2. The minimum Gasteiger partial charge on any atom is -0.399 e. The van der Waals surface area contributed by atoms with E-state index in [9.17, 15) is 0 Å². The molecule has 0 fully saturated rings. The molecule has 0 saturated carbocycles.